The maximum atomic E-state index is 6.00. The summed E-state index contributed by atoms with van der Waals surface area (Å²) in [5, 5.41) is 4.08. The highest BCUT2D eigenvalue weighted by Gasteiger charge is 2.30. The molecule has 1 saturated heterocycles. The SMILES string of the molecule is COc1cc(C2=CCC[C@@H]3CCCN[C@H]23)cnc1Cl. The average molecular weight is 279 g/mol. The monoisotopic (exact) mass is 278 g/mol. The molecule has 3 nitrogen and oxygen atoms in total. The minimum atomic E-state index is 0.427. The maximum absolute atomic E-state index is 6.00. The zero-order valence-electron chi connectivity index (χ0n) is 11.2. The molecule has 0 amide bonds. The van der Waals surface area contributed by atoms with Crippen LogP contribution in [0.5, 0.6) is 5.75 Å². The summed E-state index contributed by atoms with van der Waals surface area (Å²) in [5.74, 6) is 1.41. The van der Waals surface area contributed by atoms with E-state index in [1.54, 1.807) is 7.11 Å². The minimum absolute atomic E-state index is 0.427. The van der Waals surface area contributed by atoms with Crippen molar-refractivity contribution < 1.29 is 4.74 Å². The fourth-order valence-corrected chi connectivity index (χ4v) is 3.42. The molecule has 0 unspecified atom stereocenters. The molecule has 1 aromatic rings. The first kappa shape index (κ1) is 12.9. The predicted molar refractivity (Wildman–Crippen MR) is 77.5 cm³/mol. The van der Waals surface area contributed by atoms with Gasteiger partial charge in [0.25, 0.3) is 0 Å². The van der Waals surface area contributed by atoms with E-state index in [9.17, 15) is 0 Å². The highest BCUT2D eigenvalue weighted by atomic mass is 35.5. The Balaban J connectivity index is 1.94. The lowest BCUT2D eigenvalue weighted by Crippen LogP contribution is -2.43. The van der Waals surface area contributed by atoms with Gasteiger partial charge in [0.15, 0.2) is 10.9 Å². The van der Waals surface area contributed by atoms with Gasteiger partial charge >= 0.3 is 0 Å². The van der Waals surface area contributed by atoms with Crippen LogP contribution in [0.1, 0.15) is 31.2 Å². The Kier molecular flexibility index (Phi) is 3.76. The van der Waals surface area contributed by atoms with E-state index in [0.29, 0.717) is 16.9 Å². The standard InChI is InChI=1S/C15H19ClN2O/c1-19-13-8-11(9-18-15(13)16)12-6-2-4-10-5-3-7-17-14(10)12/h6,8-10,14,17H,2-5,7H2,1H3/t10-,14+/m1/s1. The Labute approximate surface area is 119 Å². The fraction of sp³-hybridized carbons (Fsp3) is 0.533. The Morgan fingerprint density at radius 3 is 3.16 bits per heavy atom. The van der Waals surface area contributed by atoms with Gasteiger partial charge in [0.05, 0.1) is 7.11 Å². The number of rotatable bonds is 2. The van der Waals surface area contributed by atoms with Crippen LogP contribution < -0.4 is 10.1 Å². The number of pyridine rings is 1. The van der Waals surface area contributed by atoms with Crippen LogP contribution in [-0.2, 0) is 0 Å². The van der Waals surface area contributed by atoms with Crippen LogP contribution in [0.3, 0.4) is 0 Å². The molecule has 4 heteroatoms. The topological polar surface area (TPSA) is 34.1 Å². The zero-order chi connectivity index (χ0) is 13.2. The van der Waals surface area contributed by atoms with Crippen molar-refractivity contribution in [3.8, 4) is 5.75 Å². The van der Waals surface area contributed by atoms with Crippen LogP contribution in [0, 0.1) is 5.92 Å². The number of hydrogen-bond acceptors (Lipinski definition) is 3. The number of hydrogen-bond donors (Lipinski definition) is 1. The van der Waals surface area contributed by atoms with Gasteiger partial charge in [-0.25, -0.2) is 4.98 Å². The van der Waals surface area contributed by atoms with E-state index in [2.05, 4.69) is 16.4 Å². The van der Waals surface area contributed by atoms with Crippen molar-refractivity contribution in [1.82, 2.24) is 10.3 Å². The summed E-state index contributed by atoms with van der Waals surface area (Å²) in [5.41, 5.74) is 2.49. The van der Waals surface area contributed by atoms with Gasteiger partial charge in [-0.15, -0.1) is 0 Å². The van der Waals surface area contributed by atoms with Gasteiger partial charge in [0.2, 0.25) is 0 Å². The molecule has 2 heterocycles. The smallest absolute Gasteiger partial charge is 0.171 e. The zero-order valence-corrected chi connectivity index (χ0v) is 11.9. The molecule has 0 aromatic carbocycles. The molecule has 2 aliphatic rings. The Hall–Kier alpha value is -1.06. The molecule has 1 aliphatic heterocycles. The molecular weight excluding hydrogens is 260 g/mol. The number of ether oxygens (including phenoxy) is 1. The van der Waals surface area contributed by atoms with E-state index in [4.69, 9.17) is 16.3 Å². The first-order valence-electron chi connectivity index (χ1n) is 6.93. The molecular formula is C15H19ClN2O. The van der Waals surface area contributed by atoms with Crippen molar-refractivity contribution in [3.05, 3.63) is 29.1 Å². The van der Waals surface area contributed by atoms with Crippen molar-refractivity contribution in [2.24, 2.45) is 5.92 Å². The van der Waals surface area contributed by atoms with Gasteiger partial charge in [-0.05, 0) is 49.8 Å². The number of nitrogens with one attached hydrogen (secondary N) is 1. The van der Waals surface area contributed by atoms with E-state index < -0.39 is 0 Å². The predicted octanol–water partition coefficient (Wildman–Crippen LogP) is 3.29. The Morgan fingerprint density at radius 1 is 1.42 bits per heavy atom. The quantitative estimate of drug-likeness (QED) is 0.843. The molecule has 3 rings (SSSR count). The second kappa shape index (κ2) is 5.51. The van der Waals surface area contributed by atoms with Crippen molar-refractivity contribution in [2.45, 2.75) is 31.7 Å². The van der Waals surface area contributed by atoms with Crippen molar-refractivity contribution >= 4 is 17.2 Å². The third-order valence-electron chi connectivity index (χ3n) is 4.18. The molecule has 102 valence electrons. The van der Waals surface area contributed by atoms with Crippen LogP contribution >= 0.6 is 11.6 Å². The molecule has 0 bridgehead atoms. The number of fused-ring (bicyclic) bond motifs is 1. The fourth-order valence-electron chi connectivity index (χ4n) is 3.24. The van der Waals surface area contributed by atoms with Crippen molar-refractivity contribution in [3.63, 3.8) is 0 Å². The van der Waals surface area contributed by atoms with Gasteiger partial charge in [0.1, 0.15) is 0 Å². The van der Waals surface area contributed by atoms with E-state index in [1.807, 2.05) is 12.3 Å². The van der Waals surface area contributed by atoms with Crippen LogP contribution in [-0.4, -0.2) is 24.7 Å². The second-order valence-electron chi connectivity index (χ2n) is 5.29. The molecule has 19 heavy (non-hydrogen) atoms. The summed E-state index contributed by atoms with van der Waals surface area (Å²) in [6.07, 6.45) is 9.26. The van der Waals surface area contributed by atoms with Crippen LogP contribution in [0.4, 0.5) is 0 Å². The lowest BCUT2D eigenvalue weighted by Gasteiger charge is -2.37. The largest absolute Gasteiger partial charge is 0.494 e. The van der Waals surface area contributed by atoms with Crippen LogP contribution in [0.15, 0.2) is 18.3 Å². The second-order valence-corrected chi connectivity index (χ2v) is 5.65. The molecule has 1 aliphatic carbocycles. The average Bonchev–Trinajstić information content (AvgIpc) is 2.47. The van der Waals surface area contributed by atoms with Gasteiger partial charge < -0.3 is 10.1 Å². The van der Waals surface area contributed by atoms with Crippen molar-refractivity contribution in [2.75, 3.05) is 13.7 Å². The summed E-state index contributed by atoms with van der Waals surface area (Å²) in [6, 6.07) is 2.47. The lowest BCUT2D eigenvalue weighted by molar-refractivity contribution is 0.303. The summed E-state index contributed by atoms with van der Waals surface area (Å²) < 4.78 is 5.27. The number of aromatic nitrogens is 1. The van der Waals surface area contributed by atoms with Crippen molar-refractivity contribution in [1.29, 1.82) is 0 Å². The molecule has 0 spiro atoms. The number of nitrogens with zero attached hydrogens (tertiary/aromatic N) is 1. The minimum Gasteiger partial charge on any atom is -0.494 e. The van der Waals surface area contributed by atoms with Gasteiger partial charge in [-0.2, -0.15) is 0 Å². The molecule has 0 radical (unpaired) electrons. The van der Waals surface area contributed by atoms with E-state index in [0.717, 1.165) is 24.4 Å². The molecule has 1 fully saturated rings. The molecule has 2 atom stereocenters. The summed E-state index contributed by atoms with van der Waals surface area (Å²) in [6.45, 7) is 1.11. The Bertz CT molecular complexity index is 501. The first-order valence-corrected chi connectivity index (χ1v) is 7.30. The highest BCUT2D eigenvalue weighted by molar-refractivity contribution is 6.30. The summed E-state index contributed by atoms with van der Waals surface area (Å²) in [7, 11) is 1.63. The first-order chi connectivity index (χ1) is 9.29. The normalized spacial score (nSPS) is 26.5. The van der Waals surface area contributed by atoms with Gasteiger partial charge in [-0.1, -0.05) is 17.7 Å². The number of halogens is 1. The van der Waals surface area contributed by atoms with E-state index >= 15 is 0 Å². The highest BCUT2D eigenvalue weighted by Crippen LogP contribution is 2.37. The maximum Gasteiger partial charge on any atom is 0.171 e. The molecule has 1 N–H and O–H groups in total. The summed E-state index contributed by atoms with van der Waals surface area (Å²) >= 11 is 6.00. The van der Waals surface area contributed by atoms with Crippen LogP contribution in [0.2, 0.25) is 5.15 Å². The van der Waals surface area contributed by atoms with Gasteiger partial charge in [-0.3, -0.25) is 0 Å². The Morgan fingerprint density at radius 2 is 2.32 bits per heavy atom. The van der Waals surface area contributed by atoms with E-state index in [-0.39, 0.29) is 0 Å². The number of methoxy groups -OCH3 is 1. The number of allylic oxidation sites excluding steroid dienone is 1. The number of piperidine rings is 1. The third kappa shape index (κ3) is 2.49. The summed E-state index contributed by atoms with van der Waals surface area (Å²) in [4.78, 5) is 4.23. The molecule has 0 saturated carbocycles. The lowest BCUT2D eigenvalue weighted by atomic mass is 9.77. The van der Waals surface area contributed by atoms with Crippen LogP contribution in [0.25, 0.3) is 5.57 Å². The van der Waals surface area contributed by atoms with Gasteiger partial charge in [0, 0.05) is 17.8 Å². The van der Waals surface area contributed by atoms with E-state index in [1.165, 1.54) is 24.8 Å². The third-order valence-corrected chi connectivity index (χ3v) is 4.47. The molecule has 1 aromatic heterocycles.